The zero-order valence-corrected chi connectivity index (χ0v) is 20.7. The quantitative estimate of drug-likeness (QED) is 0.214. The average molecular weight is 499 g/mol. The second-order valence-corrected chi connectivity index (χ2v) is 11.0. The van der Waals surface area contributed by atoms with E-state index in [9.17, 15) is 25.9 Å². The fourth-order valence-electron chi connectivity index (χ4n) is 3.74. The van der Waals surface area contributed by atoms with Gasteiger partial charge in [0.15, 0.2) is 5.75 Å². The van der Waals surface area contributed by atoms with E-state index in [1.807, 2.05) is 0 Å². The highest BCUT2D eigenvalue weighted by atomic mass is 32.2. The Hall–Kier alpha value is -1.94. The van der Waals surface area contributed by atoms with E-state index in [0.29, 0.717) is 12.0 Å². The third-order valence-corrected chi connectivity index (χ3v) is 7.25. The van der Waals surface area contributed by atoms with Crippen molar-refractivity contribution in [1.82, 2.24) is 0 Å². The minimum Gasteiger partial charge on any atom is -0.454 e. The lowest BCUT2D eigenvalue weighted by atomic mass is 10.0. The van der Waals surface area contributed by atoms with Crippen LogP contribution < -0.4 is 4.74 Å². The first kappa shape index (κ1) is 27.3. The van der Waals surface area contributed by atoms with Crippen LogP contribution in [0.25, 0.3) is 0 Å². The second-order valence-electron chi connectivity index (χ2n) is 8.18. The number of hydrogen-bond acceptors (Lipinski definition) is 5. The Morgan fingerprint density at radius 1 is 0.667 bits per heavy atom. The first-order chi connectivity index (χ1) is 15.6. The van der Waals surface area contributed by atoms with Gasteiger partial charge in [-0.3, -0.25) is 9.11 Å². The van der Waals surface area contributed by atoms with E-state index in [0.717, 1.165) is 31.7 Å². The summed E-state index contributed by atoms with van der Waals surface area (Å²) in [6.45, 7) is 2.20. The smallest absolute Gasteiger partial charge is 0.298 e. The van der Waals surface area contributed by atoms with Crippen molar-refractivity contribution < 1.29 is 30.7 Å². The Bertz CT molecular complexity index is 1090. The van der Waals surface area contributed by atoms with Gasteiger partial charge < -0.3 is 4.74 Å². The van der Waals surface area contributed by atoms with Gasteiger partial charge in [0.25, 0.3) is 20.2 Å². The molecule has 0 saturated carbocycles. The first-order valence-corrected chi connectivity index (χ1v) is 14.4. The fourth-order valence-corrected chi connectivity index (χ4v) is 5.01. The predicted octanol–water partition coefficient (Wildman–Crippen LogP) is 6.44. The molecule has 33 heavy (non-hydrogen) atoms. The van der Waals surface area contributed by atoms with E-state index in [2.05, 4.69) is 6.92 Å². The highest BCUT2D eigenvalue weighted by Gasteiger charge is 2.23. The molecule has 2 N–H and O–H groups in total. The molecule has 0 aliphatic heterocycles. The van der Waals surface area contributed by atoms with Gasteiger partial charge in [-0.1, -0.05) is 89.0 Å². The summed E-state index contributed by atoms with van der Waals surface area (Å²) in [5.74, 6) is -0.354. The van der Waals surface area contributed by atoms with Crippen LogP contribution in [0.4, 0.5) is 0 Å². The van der Waals surface area contributed by atoms with Crippen molar-refractivity contribution in [3.05, 3.63) is 48.0 Å². The largest absolute Gasteiger partial charge is 0.454 e. The molecule has 0 heterocycles. The topological polar surface area (TPSA) is 118 Å². The lowest BCUT2D eigenvalue weighted by Crippen LogP contribution is -2.06. The van der Waals surface area contributed by atoms with E-state index in [-0.39, 0.29) is 11.5 Å². The molecule has 0 spiro atoms. The van der Waals surface area contributed by atoms with Crippen LogP contribution in [-0.4, -0.2) is 25.9 Å². The van der Waals surface area contributed by atoms with Gasteiger partial charge in [-0.25, -0.2) is 0 Å². The first-order valence-electron chi connectivity index (χ1n) is 11.5. The average Bonchev–Trinajstić information content (AvgIpc) is 2.75. The zero-order valence-electron chi connectivity index (χ0n) is 19.1. The van der Waals surface area contributed by atoms with Crippen molar-refractivity contribution in [3.8, 4) is 11.5 Å². The van der Waals surface area contributed by atoms with Crippen molar-refractivity contribution in [3.63, 3.8) is 0 Å². The molecule has 2 aromatic carbocycles. The van der Waals surface area contributed by atoms with Crippen molar-refractivity contribution in [2.45, 2.75) is 87.3 Å². The maximum Gasteiger partial charge on any atom is 0.298 e. The van der Waals surface area contributed by atoms with Gasteiger partial charge in [-0.15, -0.1) is 0 Å². The lowest BCUT2D eigenvalue weighted by molar-refractivity contribution is 0.429. The van der Waals surface area contributed by atoms with Crippen LogP contribution in [0.15, 0.2) is 52.3 Å². The van der Waals surface area contributed by atoms with Crippen LogP contribution in [0.2, 0.25) is 0 Å². The Morgan fingerprint density at radius 3 is 1.76 bits per heavy atom. The van der Waals surface area contributed by atoms with Gasteiger partial charge >= 0.3 is 0 Å². The maximum absolute atomic E-state index is 11.9. The number of benzene rings is 2. The molecule has 0 amide bonds. The summed E-state index contributed by atoms with van der Waals surface area (Å²) in [6, 6.07) is 9.78. The summed E-state index contributed by atoms with van der Waals surface area (Å²) in [7, 11) is -9.20. The fraction of sp³-hybridized carbons (Fsp3) is 0.500. The van der Waals surface area contributed by atoms with Gasteiger partial charge in [-0.05, 0) is 36.6 Å². The molecule has 0 bridgehead atoms. The highest BCUT2D eigenvalue weighted by molar-refractivity contribution is 7.86. The molecule has 0 aliphatic rings. The molecular formula is C24H34O7S2. The van der Waals surface area contributed by atoms with E-state index in [1.165, 1.54) is 68.9 Å². The third-order valence-electron chi connectivity index (χ3n) is 5.48. The van der Waals surface area contributed by atoms with Crippen molar-refractivity contribution in [2.75, 3.05) is 0 Å². The maximum atomic E-state index is 11.9. The predicted molar refractivity (Wildman–Crippen MR) is 128 cm³/mol. The molecule has 184 valence electrons. The molecule has 0 unspecified atom stereocenters. The van der Waals surface area contributed by atoms with Crippen LogP contribution in [-0.2, 0) is 26.7 Å². The van der Waals surface area contributed by atoms with Crippen molar-refractivity contribution in [2.24, 2.45) is 0 Å². The number of aryl methyl sites for hydroxylation is 1. The van der Waals surface area contributed by atoms with Crippen LogP contribution >= 0.6 is 0 Å². The summed E-state index contributed by atoms with van der Waals surface area (Å²) in [6.07, 6.45) is 12.1. The summed E-state index contributed by atoms with van der Waals surface area (Å²) in [4.78, 5) is -0.933. The van der Waals surface area contributed by atoms with Gasteiger partial charge in [0.1, 0.15) is 15.5 Å². The molecule has 0 aliphatic carbocycles. The Morgan fingerprint density at radius 2 is 1.18 bits per heavy atom. The van der Waals surface area contributed by atoms with E-state index in [4.69, 9.17) is 4.74 Å². The second kappa shape index (κ2) is 13.1. The summed E-state index contributed by atoms with van der Waals surface area (Å²) < 4.78 is 72.1. The molecule has 2 aromatic rings. The molecular weight excluding hydrogens is 464 g/mol. The Kier molecular flexibility index (Phi) is 10.8. The van der Waals surface area contributed by atoms with Crippen molar-refractivity contribution >= 4 is 20.2 Å². The van der Waals surface area contributed by atoms with Crippen LogP contribution in [0, 0.1) is 0 Å². The molecule has 0 atom stereocenters. The highest BCUT2D eigenvalue weighted by Crippen LogP contribution is 2.36. The number of para-hydroxylation sites is 2. The van der Waals surface area contributed by atoms with Gasteiger partial charge in [-0.2, -0.15) is 16.8 Å². The van der Waals surface area contributed by atoms with Gasteiger partial charge in [0.05, 0.1) is 0 Å². The number of hydrogen-bond donors (Lipinski definition) is 2. The number of ether oxygens (including phenoxy) is 1. The molecule has 9 heteroatoms. The molecule has 0 radical (unpaired) electrons. The zero-order chi connectivity index (χ0) is 24.3. The van der Waals surface area contributed by atoms with Crippen LogP contribution in [0.5, 0.6) is 11.5 Å². The minimum absolute atomic E-state index is 0.132. The molecule has 0 fully saturated rings. The standard InChI is InChI=1S/C24H34O7S2/c1-2-3-4-5-6-7-8-9-10-11-15-20-16-14-19-23(33(28,29)30)24(20)31-21-17-12-13-18-22(21)32(25,26)27/h12-14,16-19H,2-11,15H2,1H3,(H,25,26,27)(H,28,29,30). The molecule has 0 saturated heterocycles. The normalized spacial score (nSPS) is 12.1. The number of unbranched alkanes of at least 4 members (excludes halogenated alkanes) is 9. The summed E-state index contributed by atoms with van der Waals surface area (Å²) in [5, 5.41) is 0. The van der Waals surface area contributed by atoms with Crippen LogP contribution in [0.3, 0.4) is 0 Å². The van der Waals surface area contributed by atoms with Gasteiger partial charge in [0.2, 0.25) is 0 Å². The monoisotopic (exact) mass is 498 g/mol. The Balaban J connectivity index is 2.09. The number of rotatable bonds is 15. The van der Waals surface area contributed by atoms with E-state index >= 15 is 0 Å². The van der Waals surface area contributed by atoms with Crippen molar-refractivity contribution in [1.29, 1.82) is 0 Å². The lowest BCUT2D eigenvalue weighted by Gasteiger charge is -2.16. The van der Waals surface area contributed by atoms with E-state index in [1.54, 1.807) is 6.07 Å². The third kappa shape index (κ3) is 9.08. The van der Waals surface area contributed by atoms with Gasteiger partial charge in [0, 0.05) is 0 Å². The Labute approximate surface area is 197 Å². The van der Waals surface area contributed by atoms with E-state index < -0.39 is 30.0 Å². The summed E-state index contributed by atoms with van der Waals surface area (Å²) in [5.41, 5.74) is 0.537. The molecule has 7 nitrogen and oxygen atoms in total. The molecule has 2 rings (SSSR count). The molecule has 0 aromatic heterocycles. The SMILES string of the molecule is CCCCCCCCCCCCc1cccc(S(=O)(=O)O)c1Oc1ccccc1S(=O)(=O)O. The summed E-state index contributed by atoms with van der Waals surface area (Å²) >= 11 is 0. The minimum atomic E-state index is -4.61. The van der Waals surface area contributed by atoms with Crippen LogP contribution in [0.1, 0.15) is 76.7 Å².